The highest BCUT2D eigenvalue weighted by Gasteiger charge is 2.03. The second-order valence-corrected chi connectivity index (χ2v) is 7.26. The molecule has 0 bridgehead atoms. The number of aromatic nitrogens is 1. The SMILES string of the molecule is CNC(=O)c1ccc(/C=C/C(=O)NCc2ccc(-c3csc(C)n3)cc2)cc1. The minimum Gasteiger partial charge on any atom is -0.355 e. The Balaban J connectivity index is 1.52. The first kappa shape index (κ1) is 19.5. The number of carbonyl (C=O) groups is 2. The molecule has 142 valence electrons. The molecule has 6 heteroatoms. The number of amides is 2. The monoisotopic (exact) mass is 391 g/mol. The van der Waals surface area contributed by atoms with Gasteiger partial charge in [-0.2, -0.15) is 0 Å². The number of aryl methyl sites for hydroxylation is 1. The number of rotatable bonds is 6. The lowest BCUT2D eigenvalue weighted by molar-refractivity contribution is -0.116. The summed E-state index contributed by atoms with van der Waals surface area (Å²) in [5.74, 6) is -0.307. The van der Waals surface area contributed by atoms with Gasteiger partial charge in [0, 0.05) is 36.2 Å². The zero-order chi connectivity index (χ0) is 19.9. The van der Waals surface area contributed by atoms with E-state index in [9.17, 15) is 9.59 Å². The fraction of sp³-hybridized carbons (Fsp3) is 0.136. The van der Waals surface area contributed by atoms with Crippen LogP contribution in [0.1, 0.15) is 26.5 Å². The van der Waals surface area contributed by atoms with Gasteiger partial charge in [0.15, 0.2) is 0 Å². The molecule has 0 saturated carbocycles. The molecule has 0 aliphatic carbocycles. The van der Waals surface area contributed by atoms with E-state index >= 15 is 0 Å². The van der Waals surface area contributed by atoms with Gasteiger partial charge in [-0.05, 0) is 36.3 Å². The Kier molecular flexibility index (Phi) is 6.34. The van der Waals surface area contributed by atoms with Crippen LogP contribution in [0.25, 0.3) is 17.3 Å². The van der Waals surface area contributed by atoms with Crippen molar-refractivity contribution in [2.24, 2.45) is 0 Å². The standard InChI is InChI=1S/C22H21N3O2S/c1-15-25-20(14-28-15)18-8-5-17(6-9-18)13-24-21(26)12-7-16-3-10-19(11-4-16)22(27)23-2/h3-12,14H,13H2,1-2H3,(H,23,27)(H,24,26)/b12-7+. The van der Waals surface area contributed by atoms with Crippen molar-refractivity contribution in [1.82, 2.24) is 15.6 Å². The van der Waals surface area contributed by atoms with E-state index in [-0.39, 0.29) is 11.8 Å². The molecular formula is C22H21N3O2S. The van der Waals surface area contributed by atoms with Gasteiger partial charge in [0.1, 0.15) is 0 Å². The third-order valence-electron chi connectivity index (χ3n) is 4.16. The van der Waals surface area contributed by atoms with Gasteiger partial charge in [-0.15, -0.1) is 11.3 Å². The summed E-state index contributed by atoms with van der Waals surface area (Å²) in [4.78, 5) is 28.0. The van der Waals surface area contributed by atoms with Gasteiger partial charge in [-0.25, -0.2) is 4.98 Å². The van der Waals surface area contributed by atoms with E-state index in [4.69, 9.17) is 0 Å². The van der Waals surface area contributed by atoms with Crippen LogP contribution in [0.2, 0.25) is 0 Å². The Morgan fingerprint density at radius 3 is 2.39 bits per heavy atom. The van der Waals surface area contributed by atoms with Crippen molar-refractivity contribution in [3.63, 3.8) is 0 Å². The maximum atomic E-state index is 12.0. The van der Waals surface area contributed by atoms with Crippen LogP contribution >= 0.6 is 11.3 Å². The average Bonchev–Trinajstić information content (AvgIpc) is 3.17. The van der Waals surface area contributed by atoms with Crippen molar-refractivity contribution in [1.29, 1.82) is 0 Å². The van der Waals surface area contributed by atoms with E-state index in [1.165, 1.54) is 6.08 Å². The smallest absolute Gasteiger partial charge is 0.251 e. The normalized spacial score (nSPS) is 10.8. The van der Waals surface area contributed by atoms with E-state index in [0.717, 1.165) is 27.4 Å². The number of hydrogen-bond donors (Lipinski definition) is 2. The molecule has 0 radical (unpaired) electrons. The molecule has 0 aliphatic rings. The lowest BCUT2D eigenvalue weighted by Gasteiger charge is -2.04. The van der Waals surface area contributed by atoms with Gasteiger partial charge in [0.2, 0.25) is 5.91 Å². The second-order valence-electron chi connectivity index (χ2n) is 6.20. The number of carbonyl (C=O) groups excluding carboxylic acids is 2. The Bertz CT molecular complexity index is 989. The number of benzene rings is 2. The van der Waals surface area contributed by atoms with Gasteiger partial charge in [0.25, 0.3) is 5.91 Å². The Morgan fingerprint density at radius 2 is 1.79 bits per heavy atom. The molecule has 0 spiro atoms. The maximum Gasteiger partial charge on any atom is 0.251 e. The summed E-state index contributed by atoms with van der Waals surface area (Å²) in [7, 11) is 1.59. The summed E-state index contributed by atoms with van der Waals surface area (Å²) in [5, 5.41) is 8.52. The third-order valence-corrected chi connectivity index (χ3v) is 4.94. The molecule has 1 aromatic heterocycles. The molecule has 2 aromatic carbocycles. The minimum atomic E-state index is -0.172. The van der Waals surface area contributed by atoms with Crippen molar-refractivity contribution in [2.75, 3.05) is 7.05 Å². The van der Waals surface area contributed by atoms with Crippen molar-refractivity contribution in [3.8, 4) is 11.3 Å². The predicted molar refractivity (Wildman–Crippen MR) is 113 cm³/mol. The van der Waals surface area contributed by atoms with Crippen LogP contribution in [0, 0.1) is 6.92 Å². The molecule has 2 amide bonds. The van der Waals surface area contributed by atoms with E-state index < -0.39 is 0 Å². The molecule has 0 aliphatic heterocycles. The highest BCUT2D eigenvalue weighted by Crippen LogP contribution is 2.21. The van der Waals surface area contributed by atoms with Crippen molar-refractivity contribution in [3.05, 3.63) is 81.7 Å². The number of hydrogen-bond acceptors (Lipinski definition) is 4. The molecule has 3 rings (SSSR count). The summed E-state index contributed by atoms with van der Waals surface area (Å²) in [6.45, 7) is 2.44. The van der Waals surface area contributed by atoms with E-state index in [1.54, 1.807) is 48.7 Å². The fourth-order valence-corrected chi connectivity index (χ4v) is 3.22. The minimum absolute atomic E-state index is 0.135. The summed E-state index contributed by atoms with van der Waals surface area (Å²) in [6.07, 6.45) is 3.21. The molecule has 0 atom stereocenters. The second kappa shape index (κ2) is 9.10. The first-order chi connectivity index (χ1) is 13.5. The summed E-state index contributed by atoms with van der Waals surface area (Å²) in [6, 6.07) is 15.1. The molecule has 3 aromatic rings. The predicted octanol–water partition coefficient (Wildman–Crippen LogP) is 3.81. The van der Waals surface area contributed by atoms with E-state index in [0.29, 0.717) is 12.1 Å². The van der Waals surface area contributed by atoms with Crippen molar-refractivity contribution in [2.45, 2.75) is 13.5 Å². The van der Waals surface area contributed by atoms with E-state index in [1.807, 2.05) is 36.6 Å². The van der Waals surface area contributed by atoms with Crippen LogP contribution in [-0.4, -0.2) is 23.8 Å². The van der Waals surface area contributed by atoms with Crippen LogP contribution in [0.15, 0.2) is 60.0 Å². The molecular weight excluding hydrogens is 370 g/mol. The van der Waals surface area contributed by atoms with Gasteiger partial charge in [0.05, 0.1) is 10.7 Å². The number of nitrogens with zero attached hydrogens (tertiary/aromatic N) is 1. The Hall–Kier alpha value is -3.25. The lowest BCUT2D eigenvalue weighted by atomic mass is 10.1. The van der Waals surface area contributed by atoms with E-state index in [2.05, 4.69) is 15.6 Å². The third kappa shape index (κ3) is 5.14. The van der Waals surface area contributed by atoms with Crippen LogP contribution in [0.4, 0.5) is 0 Å². The number of nitrogens with one attached hydrogen (secondary N) is 2. The Morgan fingerprint density at radius 1 is 1.07 bits per heavy atom. The molecule has 0 unspecified atom stereocenters. The summed E-state index contributed by atoms with van der Waals surface area (Å²) in [5.41, 5.74) is 4.50. The average molecular weight is 391 g/mol. The van der Waals surface area contributed by atoms with Gasteiger partial charge >= 0.3 is 0 Å². The first-order valence-corrected chi connectivity index (χ1v) is 9.72. The maximum absolute atomic E-state index is 12.0. The molecule has 1 heterocycles. The molecule has 0 fully saturated rings. The van der Waals surface area contributed by atoms with Crippen LogP contribution in [-0.2, 0) is 11.3 Å². The van der Waals surface area contributed by atoms with Crippen LogP contribution in [0.3, 0.4) is 0 Å². The summed E-state index contributed by atoms with van der Waals surface area (Å²) >= 11 is 1.63. The van der Waals surface area contributed by atoms with Crippen LogP contribution in [0.5, 0.6) is 0 Å². The molecule has 0 saturated heterocycles. The largest absolute Gasteiger partial charge is 0.355 e. The first-order valence-electron chi connectivity index (χ1n) is 8.84. The quantitative estimate of drug-likeness (QED) is 0.628. The number of thiazole rings is 1. The molecule has 2 N–H and O–H groups in total. The van der Waals surface area contributed by atoms with Gasteiger partial charge in [-0.3, -0.25) is 9.59 Å². The van der Waals surface area contributed by atoms with Crippen LogP contribution < -0.4 is 10.6 Å². The van der Waals surface area contributed by atoms with Gasteiger partial charge < -0.3 is 10.6 Å². The topological polar surface area (TPSA) is 71.1 Å². The summed E-state index contributed by atoms with van der Waals surface area (Å²) < 4.78 is 0. The lowest BCUT2D eigenvalue weighted by Crippen LogP contribution is -2.20. The fourth-order valence-electron chi connectivity index (χ4n) is 2.60. The van der Waals surface area contributed by atoms with Crippen molar-refractivity contribution < 1.29 is 9.59 Å². The zero-order valence-corrected chi connectivity index (χ0v) is 16.5. The Labute approximate surface area is 168 Å². The molecule has 28 heavy (non-hydrogen) atoms. The highest BCUT2D eigenvalue weighted by atomic mass is 32.1. The van der Waals surface area contributed by atoms with Crippen molar-refractivity contribution >= 4 is 29.2 Å². The zero-order valence-electron chi connectivity index (χ0n) is 15.7. The highest BCUT2D eigenvalue weighted by molar-refractivity contribution is 7.09. The molecule has 5 nitrogen and oxygen atoms in total. The van der Waals surface area contributed by atoms with Gasteiger partial charge in [-0.1, -0.05) is 36.4 Å².